The molecule has 160 valence electrons. The topological polar surface area (TPSA) is 123 Å². The highest BCUT2D eigenvalue weighted by molar-refractivity contribution is 6.03. The molecule has 1 aliphatic carbocycles. The number of benzene rings is 1. The predicted octanol–water partition coefficient (Wildman–Crippen LogP) is 0.749. The normalized spacial score (nSPS) is 24.1. The SMILES string of the molecule is Cn1nc(C2CCC(=O)NC2=O)c2cccc(OCC(=O)NCC3CCC(O)C3)c21. The lowest BCUT2D eigenvalue weighted by atomic mass is 9.93. The van der Waals surface area contributed by atoms with Crippen LogP contribution in [0.2, 0.25) is 0 Å². The molecule has 1 aliphatic heterocycles. The molecule has 1 saturated carbocycles. The number of para-hydroxylation sites is 1. The van der Waals surface area contributed by atoms with Gasteiger partial charge >= 0.3 is 0 Å². The predicted molar refractivity (Wildman–Crippen MR) is 108 cm³/mol. The molecule has 0 spiro atoms. The van der Waals surface area contributed by atoms with Crippen molar-refractivity contribution < 1.29 is 24.2 Å². The van der Waals surface area contributed by atoms with Crippen LogP contribution < -0.4 is 15.4 Å². The van der Waals surface area contributed by atoms with E-state index in [1.807, 2.05) is 6.07 Å². The first kappa shape index (κ1) is 20.3. The summed E-state index contributed by atoms with van der Waals surface area (Å²) in [5.41, 5.74) is 1.30. The zero-order chi connectivity index (χ0) is 21.3. The van der Waals surface area contributed by atoms with E-state index < -0.39 is 5.92 Å². The van der Waals surface area contributed by atoms with Gasteiger partial charge in [-0.2, -0.15) is 5.10 Å². The molecule has 1 saturated heterocycles. The number of ether oxygens (including phenoxy) is 1. The molecule has 3 amide bonds. The Morgan fingerprint density at radius 3 is 2.90 bits per heavy atom. The smallest absolute Gasteiger partial charge is 0.257 e. The van der Waals surface area contributed by atoms with Crippen molar-refractivity contribution in [2.75, 3.05) is 13.2 Å². The summed E-state index contributed by atoms with van der Waals surface area (Å²) in [6.07, 6.45) is 2.86. The zero-order valence-electron chi connectivity index (χ0n) is 16.9. The monoisotopic (exact) mass is 414 g/mol. The Labute approximate surface area is 173 Å². The first-order valence-corrected chi connectivity index (χ1v) is 10.3. The molecule has 2 heterocycles. The highest BCUT2D eigenvalue weighted by Gasteiger charge is 2.32. The average Bonchev–Trinajstić information content (AvgIpc) is 3.28. The second kappa shape index (κ2) is 8.43. The number of amides is 3. The van der Waals surface area contributed by atoms with Crippen LogP contribution >= 0.6 is 0 Å². The molecule has 30 heavy (non-hydrogen) atoms. The van der Waals surface area contributed by atoms with Gasteiger partial charge in [-0.15, -0.1) is 0 Å². The van der Waals surface area contributed by atoms with Gasteiger partial charge in [0.25, 0.3) is 5.91 Å². The summed E-state index contributed by atoms with van der Waals surface area (Å²) in [4.78, 5) is 35.9. The average molecular weight is 414 g/mol. The number of aliphatic hydroxyl groups excluding tert-OH is 1. The Morgan fingerprint density at radius 1 is 1.33 bits per heavy atom. The standard InChI is InChI=1S/C21H26N4O5/c1-25-20-14(19(24-25)15-7-8-17(27)23-21(15)29)3-2-4-16(20)30-11-18(28)22-10-12-5-6-13(26)9-12/h2-4,12-13,15,26H,5-11H2,1H3,(H,22,28)(H,23,27,29). The van der Waals surface area contributed by atoms with Crippen LogP contribution in [0.5, 0.6) is 5.75 Å². The Bertz CT molecular complexity index is 985. The summed E-state index contributed by atoms with van der Waals surface area (Å²) in [6.45, 7) is 0.405. The third-order valence-electron chi connectivity index (χ3n) is 5.89. The summed E-state index contributed by atoms with van der Waals surface area (Å²) in [7, 11) is 1.76. The maximum absolute atomic E-state index is 12.3. The minimum Gasteiger partial charge on any atom is -0.482 e. The van der Waals surface area contributed by atoms with Crippen LogP contribution in [0.15, 0.2) is 18.2 Å². The number of rotatable bonds is 6. The molecular weight excluding hydrogens is 388 g/mol. The number of aryl methyl sites for hydroxylation is 1. The number of piperidine rings is 1. The molecule has 2 aliphatic rings. The maximum atomic E-state index is 12.3. The number of aromatic nitrogens is 2. The van der Waals surface area contributed by atoms with Crippen LogP contribution in [0.1, 0.15) is 43.7 Å². The summed E-state index contributed by atoms with van der Waals surface area (Å²) in [5, 5.41) is 20.1. The number of fused-ring (bicyclic) bond motifs is 1. The third-order valence-corrected chi connectivity index (χ3v) is 5.89. The zero-order valence-corrected chi connectivity index (χ0v) is 16.9. The van der Waals surface area contributed by atoms with E-state index in [4.69, 9.17) is 4.74 Å². The number of imide groups is 1. The number of carbonyl (C=O) groups is 3. The van der Waals surface area contributed by atoms with E-state index in [1.165, 1.54) is 0 Å². The molecule has 3 N–H and O–H groups in total. The van der Waals surface area contributed by atoms with Crippen LogP contribution in [0.25, 0.3) is 10.9 Å². The van der Waals surface area contributed by atoms with Gasteiger partial charge in [0.15, 0.2) is 6.61 Å². The van der Waals surface area contributed by atoms with Gasteiger partial charge in [0.1, 0.15) is 11.3 Å². The molecule has 2 aromatic rings. The van der Waals surface area contributed by atoms with Gasteiger partial charge < -0.3 is 15.2 Å². The van der Waals surface area contributed by atoms with Crippen LogP contribution in [0.3, 0.4) is 0 Å². The number of hydrogen-bond donors (Lipinski definition) is 3. The Balaban J connectivity index is 1.45. The first-order valence-electron chi connectivity index (χ1n) is 10.3. The highest BCUT2D eigenvalue weighted by Crippen LogP contribution is 2.34. The molecule has 2 fully saturated rings. The van der Waals surface area contributed by atoms with E-state index in [9.17, 15) is 19.5 Å². The van der Waals surface area contributed by atoms with E-state index in [2.05, 4.69) is 15.7 Å². The number of nitrogens with one attached hydrogen (secondary N) is 2. The van der Waals surface area contributed by atoms with Crippen molar-refractivity contribution in [3.63, 3.8) is 0 Å². The number of aliphatic hydroxyl groups is 1. The van der Waals surface area contributed by atoms with Crippen molar-refractivity contribution in [2.24, 2.45) is 13.0 Å². The summed E-state index contributed by atoms with van der Waals surface area (Å²) in [6, 6.07) is 5.42. The molecule has 4 rings (SSSR count). The van der Waals surface area contributed by atoms with E-state index in [0.717, 1.165) is 24.6 Å². The number of nitrogens with zero attached hydrogens (tertiary/aromatic N) is 2. The lowest BCUT2D eigenvalue weighted by Crippen LogP contribution is -2.39. The third kappa shape index (κ3) is 4.16. The summed E-state index contributed by atoms with van der Waals surface area (Å²) < 4.78 is 7.41. The second-order valence-corrected chi connectivity index (χ2v) is 8.09. The lowest BCUT2D eigenvalue weighted by molar-refractivity contribution is -0.134. The van der Waals surface area contributed by atoms with Gasteiger partial charge in [-0.05, 0) is 37.7 Å². The van der Waals surface area contributed by atoms with Gasteiger partial charge in [-0.25, -0.2) is 0 Å². The molecule has 9 heteroatoms. The molecule has 1 aromatic heterocycles. The molecule has 1 aromatic carbocycles. The van der Waals surface area contributed by atoms with Gasteiger partial charge in [0.2, 0.25) is 11.8 Å². The Hall–Kier alpha value is -2.94. The Morgan fingerprint density at radius 2 is 2.17 bits per heavy atom. The van der Waals surface area contributed by atoms with Gasteiger partial charge in [0, 0.05) is 25.4 Å². The van der Waals surface area contributed by atoms with Crippen molar-refractivity contribution in [2.45, 2.75) is 44.1 Å². The van der Waals surface area contributed by atoms with E-state index in [1.54, 1.807) is 23.9 Å². The fourth-order valence-corrected chi connectivity index (χ4v) is 4.34. The van der Waals surface area contributed by atoms with Crippen LogP contribution in [0, 0.1) is 5.92 Å². The molecular formula is C21H26N4O5. The van der Waals surface area contributed by atoms with Gasteiger partial charge in [-0.1, -0.05) is 12.1 Å². The van der Waals surface area contributed by atoms with E-state index in [0.29, 0.717) is 35.8 Å². The molecule has 0 radical (unpaired) electrons. The fraction of sp³-hybridized carbons (Fsp3) is 0.524. The van der Waals surface area contributed by atoms with Crippen molar-refractivity contribution in [1.82, 2.24) is 20.4 Å². The Kier molecular flexibility index (Phi) is 5.72. The van der Waals surface area contributed by atoms with Crippen molar-refractivity contribution in [3.8, 4) is 5.75 Å². The van der Waals surface area contributed by atoms with Crippen LogP contribution in [-0.4, -0.2) is 51.9 Å². The second-order valence-electron chi connectivity index (χ2n) is 8.09. The van der Waals surface area contributed by atoms with Gasteiger partial charge in [0.05, 0.1) is 17.7 Å². The molecule has 9 nitrogen and oxygen atoms in total. The molecule has 0 bridgehead atoms. The fourth-order valence-electron chi connectivity index (χ4n) is 4.34. The van der Waals surface area contributed by atoms with Crippen LogP contribution in [0.4, 0.5) is 0 Å². The van der Waals surface area contributed by atoms with Crippen molar-refractivity contribution in [3.05, 3.63) is 23.9 Å². The molecule has 3 unspecified atom stereocenters. The van der Waals surface area contributed by atoms with Crippen LogP contribution in [-0.2, 0) is 21.4 Å². The number of carbonyl (C=O) groups excluding carboxylic acids is 3. The quantitative estimate of drug-likeness (QED) is 0.600. The van der Waals surface area contributed by atoms with E-state index >= 15 is 0 Å². The first-order chi connectivity index (χ1) is 14.4. The number of hydrogen-bond acceptors (Lipinski definition) is 6. The summed E-state index contributed by atoms with van der Waals surface area (Å²) in [5.74, 6) is -0.506. The minimum absolute atomic E-state index is 0.132. The molecule has 3 atom stereocenters. The van der Waals surface area contributed by atoms with E-state index in [-0.39, 0.29) is 36.9 Å². The largest absolute Gasteiger partial charge is 0.482 e. The maximum Gasteiger partial charge on any atom is 0.257 e. The van der Waals surface area contributed by atoms with Gasteiger partial charge in [-0.3, -0.25) is 24.4 Å². The van der Waals surface area contributed by atoms with Crippen molar-refractivity contribution >= 4 is 28.6 Å². The lowest BCUT2D eigenvalue weighted by Gasteiger charge is -2.19. The summed E-state index contributed by atoms with van der Waals surface area (Å²) >= 11 is 0. The minimum atomic E-state index is -0.494. The highest BCUT2D eigenvalue weighted by atomic mass is 16.5. The van der Waals surface area contributed by atoms with Crippen molar-refractivity contribution in [1.29, 1.82) is 0 Å².